The summed E-state index contributed by atoms with van der Waals surface area (Å²) in [5, 5.41) is 5.47. The van der Waals surface area contributed by atoms with Gasteiger partial charge in [-0.3, -0.25) is 5.32 Å². The molecule has 4 heteroatoms. The molecule has 0 saturated carbocycles. The number of fused-ring (bicyclic) bond motifs is 1. The van der Waals surface area contributed by atoms with Gasteiger partial charge in [-0.05, 0) is 17.0 Å². The quantitative estimate of drug-likeness (QED) is 0.680. The van der Waals surface area contributed by atoms with Crippen molar-refractivity contribution in [2.45, 2.75) is 32.7 Å². The molecule has 2 amide bonds. The first-order valence-electron chi connectivity index (χ1n) is 5.02. The molecule has 2 N–H and O–H groups in total. The maximum atomic E-state index is 11.1. The number of rotatable bonds is 0. The van der Waals surface area contributed by atoms with Crippen molar-refractivity contribution in [2.24, 2.45) is 0 Å². The number of aromatic nitrogens is 1. The van der Waals surface area contributed by atoms with Gasteiger partial charge in [0, 0.05) is 18.3 Å². The number of hydrogen-bond donors (Lipinski definition) is 2. The van der Waals surface area contributed by atoms with Crippen LogP contribution < -0.4 is 10.6 Å². The van der Waals surface area contributed by atoms with Gasteiger partial charge in [0.1, 0.15) is 5.82 Å². The molecule has 0 spiro atoms. The summed E-state index contributed by atoms with van der Waals surface area (Å²) in [5.74, 6) is 0.686. The molecular formula is C11H15N3O. The lowest BCUT2D eigenvalue weighted by Crippen LogP contribution is -2.35. The molecule has 0 aromatic carbocycles. The van der Waals surface area contributed by atoms with E-state index in [0.717, 1.165) is 5.56 Å². The van der Waals surface area contributed by atoms with Gasteiger partial charge >= 0.3 is 6.03 Å². The fourth-order valence-electron chi connectivity index (χ4n) is 1.80. The summed E-state index contributed by atoms with van der Waals surface area (Å²) in [6, 6.07) is 1.83. The van der Waals surface area contributed by atoms with Crippen molar-refractivity contribution < 1.29 is 4.79 Å². The van der Waals surface area contributed by atoms with Crippen LogP contribution in [0.15, 0.2) is 12.3 Å². The van der Waals surface area contributed by atoms with E-state index in [4.69, 9.17) is 0 Å². The Hall–Kier alpha value is -1.58. The van der Waals surface area contributed by atoms with Crippen molar-refractivity contribution in [3.05, 3.63) is 23.4 Å². The van der Waals surface area contributed by atoms with Crippen molar-refractivity contribution in [3.8, 4) is 0 Å². The first-order chi connectivity index (χ1) is 6.98. The summed E-state index contributed by atoms with van der Waals surface area (Å²) < 4.78 is 0. The van der Waals surface area contributed by atoms with Gasteiger partial charge in [0.25, 0.3) is 0 Å². The molecule has 1 aromatic heterocycles. The van der Waals surface area contributed by atoms with Gasteiger partial charge in [0.05, 0.1) is 0 Å². The monoisotopic (exact) mass is 205 g/mol. The van der Waals surface area contributed by atoms with E-state index in [9.17, 15) is 4.79 Å². The van der Waals surface area contributed by atoms with Gasteiger partial charge in [0.2, 0.25) is 0 Å². The minimum Gasteiger partial charge on any atom is -0.334 e. The van der Waals surface area contributed by atoms with Crippen LogP contribution in [0.2, 0.25) is 0 Å². The number of anilines is 1. The molecular weight excluding hydrogens is 190 g/mol. The Morgan fingerprint density at radius 3 is 2.80 bits per heavy atom. The number of nitrogens with zero attached hydrogens (tertiary/aromatic N) is 1. The van der Waals surface area contributed by atoms with E-state index in [0.29, 0.717) is 12.4 Å². The van der Waals surface area contributed by atoms with Crippen LogP contribution in [0.4, 0.5) is 10.6 Å². The van der Waals surface area contributed by atoms with Gasteiger partial charge in [-0.15, -0.1) is 0 Å². The molecule has 4 nitrogen and oxygen atoms in total. The molecule has 0 saturated heterocycles. The molecule has 2 rings (SSSR count). The number of urea groups is 1. The molecule has 2 heterocycles. The highest BCUT2D eigenvalue weighted by Gasteiger charge is 2.24. The second kappa shape index (κ2) is 3.22. The highest BCUT2D eigenvalue weighted by atomic mass is 16.2. The normalized spacial score (nSPS) is 15.3. The van der Waals surface area contributed by atoms with Crippen molar-refractivity contribution in [2.75, 3.05) is 5.32 Å². The lowest BCUT2D eigenvalue weighted by atomic mass is 9.84. The second-order valence-electron chi connectivity index (χ2n) is 4.74. The number of pyridine rings is 1. The standard InChI is InChI=1S/C11H15N3O/c1-11(2,3)8-4-5-12-9-7(8)6-13-10(15)14-9/h4-5H,6H2,1-3H3,(H2,12,13,14,15). The van der Waals surface area contributed by atoms with Crippen LogP contribution in [-0.2, 0) is 12.0 Å². The summed E-state index contributed by atoms with van der Waals surface area (Å²) >= 11 is 0. The molecule has 1 aliphatic rings. The average molecular weight is 205 g/mol. The minimum absolute atomic E-state index is 0.0662. The zero-order chi connectivity index (χ0) is 11.1. The summed E-state index contributed by atoms with van der Waals surface area (Å²) in [5.41, 5.74) is 2.38. The SMILES string of the molecule is CC(C)(C)c1ccnc2c1CNC(=O)N2. The Bertz CT molecular complexity index is 407. The maximum absolute atomic E-state index is 11.1. The molecule has 0 radical (unpaired) electrons. The number of amides is 2. The van der Waals surface area contributed by atoms with Crippen LogP contribution in [0.3, 0.4) is 0 Å². The smallest absolute Gasteiger partial charge is 0.320 e. The maximum Gasteiger partial charge on any atom is 0.320 e. The molecule has 0 atom stereocenters. The van der Waals surface area contributed by atoms with E-state index >= 15 is 0 Å². The minimum atomic E-state index is -0.180. The van der Waals surface area contributed by atoms with E-state index in [1.807, 2.05) is 6.07 Å². The first kappa shape index (κ1) is 9.96. The summed E-state index contributed by atoms with van der Waals surface area (Å²) in [7, 11) is 0. The molecule has 80 valence electrons. The number of hydrogen-bond acceptors (Lipinski definition) is 2. The Balaban J connectivity index is 2.51. The third-order valence-corrected chi connectivity index (χ3v) is 2.52. The predicted octanol–water partition coefficient (Wildman–Crippen LogP) is 2.01. The van der Waals surface area contributed by atoms with Gasteiger partial charge in [-0.1, -0.05) is 20.8 Å². The van der Waals surface area contributed by atoms with Crippen LogP contribution >= 0.6 is 0 Å². The topological polar surface area (TPSA) is 54.0 Å². The molecule has 0 bridgehead atoms. The largest absolute Gasteiger partial charge is 0.334 e. The highest BCUT2D eigenvalue weighted by molar-refractivity contribution is 5.91. The Kier molecular flexibility index (Phi) is 2.14. The summed E-state index contributed by atoms with van der Waals surface area (Å²) in [4.78, 5) is 15.3. The molecule has 15 heavy (non-hydrogen) atoms. The fraction of sp³-hybridized carbons (Fsp3) is 0.455. The molecule has 1 aliphatic heterocycles. The zero-order valence-electron chi connectivity index (χ0n) is 9.22. The van der Waals surface area contributed by atoms with Gasteiger partial charge in [0.15, 0.2) is 0 Å². The number of carbonyl (C=O) groups is 1. The lowest BCUT2D eigenvalue weighted by molar-refractivity contribution is 0.250. The zero-order valence-corrected chi connectivity index (χ0v) is 9.22. The summed E-state index contributed by atoms with van der Waals surface area (Å²) in [6.07, 6.45) is 1.74. The third kappa shape index (κ3) is 1.79. The molecule has 0 unspecified atom stereocenters. The van der Waals surface area contributed by atoms with Gasteiger partial charge in [-0.2, -0.15) is 0 Å². The lowest BCUT2D eigenvalue weighted by Gasteiger charge is -2.27. The Labute approximate surface area is 89.1 Å². The van der Waals surface area contributed by atoms with E-state index in [1.165, 1.54) is 5.56 Å². The Morgan fingerprint density at radius 1 is 1.40 bits per heavy atom. The van der Waals surface area contributed by atoms with Crippen molar-refractivity contribution in [1.29, 1.82) is 0 Å². The Morgan fingerprint density at radius 2 is 2.13 bits per heavy atom. The van der Waals surface area contributed by atoms with Crippen molar-refractivity contribution in [3.63, 3.8) is 0 Å². The second-order valence-corrected chi connectivity index (χ2v) is 4.74. The van der Waals surface area contributed by atoms with Crippen LogP contribution in [-0.4, -0.2) is 11.0 Å². The average Bonchev–Trinajstić information content (AvgIpc) is 2.15. The van der Waals surface area contributed by atoms with E-state index in [2.05, 4.69) is 36.4 Å². The van der Waals surface area contributed by atoms with E-state index in [1.54, 1.807) is 6.20 Å². The molecule has 0 aliphatic carbocycles. The van der Waals surface area contributed by atoms with Crippen LogP contribution in [0.25, 0.3) is 0 Å². The van der Waals surface area contributed by atoms with E-state index in [-0.39, 0.29) is 11.4 Å². The number of nitrogens with one attached hydrogen (secondary N) is 2. The highest BCUT2D eigenvalue weighted by Crippen LogP contribution is 2.30. The van der Waals surface area contributed by atoms with Crippen molar-refractivity contribution >= 4 is 11.8 Å². The molecule has 0 fully saturated rings. The van der Waals surface area contributed by atoms with Crippen LogP contribution in [0, 0.1) is 0 Å². The van der Waals surface area contributed by atoms with E-state index < -0.39 is 0 Å². The first-order valence-corrected chi connectivity index (χ1v) is 5.02. The van der Waals surface area contributed by atoms with Crippen LogP contribution in [0.5, 0.6) is 0 Å². The van der Waals surface area contributed by atoms with Crippen molar-refractivity contribution in [1.82, 2.24) is 10.3 Å². The molecule has 1 aromatic rings. The van der Waals surface area contributed by atoms with Crippen LogP contribution in [0.1, 0.15) is 31.9 Å². The van der Waals surface area contributed by atoms with Gasteiger partial charge in [-0.25, -0.2) is 9.78 Å². The summed E-state index contributed by atoms with van der Waals surface area (Å²) in [6.45, 7) is 7.01. The third-order valence-electron chi connectivity index (χ3n) is 2.52. The fourth-order valence-corrected chi connectivity index (χ4v) is 1.80. The van der Waals surface area contributed by atoms with Gasteiger partial charge < -0.3 is 5.32 Å². The predicted molar refractivity (Wildman–Crippen MR) is 58.8 cm³/mol. The number of carbonyl (C=O) groups excluding carboxylic acids is 1.